The molecular formula is C8H18Cl2N4O2. The van der Waals surface area contributed by atoms with Crippen LogP contribution in [0.5, 0.6) is 0 Å². The summed E-state index contributed by atoms with van der Waals surface area (Å²) in [6.45, 7) is 6.04. The molecule has 0 saturated heterocycles. The minimum absolute atomic E-state index is 0. The van der Waals surface area contributed by atoms with E-state index in [2.05, 4.69) is 10.2 Å². The van der Waals surface area contributed by atoms with Crippen LogP contribution in [0.2, 0.25) is 0 Å². The van der Waals surface area contributed by atoms with Crippen molar-refractivity contribution < 1.29 is 9.59 Å². The molecule has 0 bridgehead atoms. The van der Waals surface area contributed by atoms with Crippen molar-refractivity contribution in [2.45, 2.75) is 38.8 Å². The van der Waals surface area contributed by atoms with Crippen LogP contribution in [0.4, 0.5) is 0 Å². The average Bonchev–Trinajstić information content (AvgIpc) is 2.01. The first kappa shape index (κ1) is 20.5. The predicted octanol–water partition coefficient (Wildman–Crippen LogP) is 0.810. The van der Waals surface area contributed by atoms with E-state index in [-0.39, 0.29) is 24.8 Å². The zero-order chi connectivity index (χ0) is 11.6. The number of halogens is 2. The molecule has 0 aromatic heterocycles. The average molecular weight is 273 g/mol. The zero-order valence-electron chi connectivity index (χ0n) is 9.68. The van der Waals surface area contributed by atoms with E-state index in [9.17, 15) is 9.59 Å². The largest absolute Gasteiger partial charge is 0.368 e. The van der Waals surface area contributed by atoms with Gasteiger partial charge in [-0.05, 0) is 27.7 Å². The summed E-state index contributed by atoms with van der Waals surface area (Å²) in [5, 5.41) is 7.40. The first-order valence-electron chi connectivity index (χ1n) is 4.13. The van der Waals surface area contributed by atoms with Crippen LogP contribution in [-0.4, -0.2) is 22.9 Å². The van der Waals surface area contributed by atoms with Crippen molar-refractivity contribution >= 4 is 36.6 Å². The van der Waals surface area contributed by atoms with Crippen molar-refractivity contribution in [3.63, 3.8) is 0 Å². The van der Waals surface area contributed by atoms with E-state index in [4.69, 9.17) is 11.5 Å². The fourth-order valence-electron chi connectivity index (χ4n) is 0.349. The Morgan fingerprint density at radius 1 is 0.812 bits per heavy atom. The Bertz CT molecular complexity index is 262. The van der Waals surface area contributed by atoms with Crippen LogP contribution >= 0.6 is 24.8 Å². The van der Waals surface area contributed by atoms with Gasteiger partial charge >= 0.3 is 0 Å². The molecular weight excluding hydrogens is 255 g/mol. The monoisotopic (exact) mass is 272 g/mol. The van der Waals surface area contributed by atoms with Crippen molar-refractivity contribution in [3.8, 4) is 0 Å². The number of nitrogens with zero attached hydrogens (tertiary/aromatic N) is 2. The lowest BCUT2D eigenvalue weighted by Gasteiger charge is -2.17. The first-order valence-corrected chi connectivity index (χ1v) is 4.13. The van der Waals surface area contributed by atoms with Gasteiger partial charge in [0.05, 0.1) is 0 Å². The normalized spacial score (nSPS) is 11.5. The van der Waals surface area contributed by atoms with Gasteiger partial charge in [0.25, 0.3) is 0 Å². The second kappa shape index (κ2) is 6.65. The number of hydrogen-bond donors (Lipinski definition) is 2. The first-order chi connectivity index (χ1) is 6.09. The number of carbonyl (C=O) groups is 2. The Balaban J connectivity index is -0.000000845. The van der Waals surface area contributed by atoms with Gasteiger partial charge in [-0.3, -0.25) is 9.59 Å². The second-order valence-corrected chi connectivity index (χ2v) is 4.05. The molecule has 2 amide bonds. The van der Waals surface area contributed by atoms with E-state index < -0.39 is 22.9 Å². The third kappa shape index (κ3) is 5.87. The summed E-state index contributed by atoms with van der Waals surface area (Å²) in [5.41, 5.74) is 7.90. The molecule has 8 heteroatoms. The van der Waals surface area contributed by atoms with Gasteiger partial charge in [-0.25, -0.2) is 0 Å². The van der Waals surface area contributed by atoms with Crippen molar-refractivity contribution in [2.75, 3.05) is 0 Å². The Hall–Kier alpha value is -0.880. The highest BCUT2D eigenvalue weighted by molar-refractivity contribution is 5.86. The molecule has 0 aliphatic rings. The lowest BCUT2D eigenvalue weighted by atomic mass is 10.1. The highest BCUT2D eigenvalue weighted by atomic mass is 35.5. The summed E-state index contributed by atoms with van der Waals surface area (Å²) in [4.78, 5) is 21.7. The molecule has 96 valence electrons. The number of rotatable bonds is 4. The molecule has 6 nitrogen and oxygen atoms in total. The Morgan fingerprint density at radius 2 is 1.00 bits per heavy atom. The van der Waals surface area contributed by atoms with E-state index in [1.54, 1.807) is 0 Å². The molecule has 0 aliphatic carbocycles. The maximum atomic E-state index is 10.9. The number of nitrogens with two attached hydrogens (primary N) is 2. The zero-order valence-corrected chi connectivity index (χ0v) is 11.3. The molecule has 0 aromatic rings. The fourth-order valence-corrected chi connectivity index (χ4v) is 0.349. The molecule has 0 saturated carbocycles. The summed E-state index contributed by atoms with van der Waals surface area (Å²) >= 11 is 0. The van der Waals surface area contributed by atoms with E-state index in [1.807, 2.05) is 0 Å². The Labute approximate surface area is 107 Å². The molecule has 4 N–H and O–H groups in total. The van der Waals surface area contributed by atoms with E-state index in [0.29, 0.717) is 0 Å². The van der Waals surface area contributed by atoms with Crippen molar-refractivity contribution in [3.05, 3.63) is 0 Å². The summed E-state index contributed by atoms with van der Waals surface area (Å²) in [5.74, 6) is -1.22. The van der Waals surface area contributed by atoms with E-state index in [0.717, 1.165) is 0 Å². The topological polar surface area (TPSA) is 111 Å². The number of carbonyl (C=O) groups excluding carboxylic acids is 2. The van der Waals surface area contributed by atoms with E-state index in [1.165, 1.54) is 27.7 Å². The molecule has 0 heterocycles. The molecule has 0 aromatic carbocycles. The van der Waals surface area contributed by atoms with Crippen LogP contribution < -0.4 is 11.5 Å². The lowest BCUT2D eigenvalue weighted by Crippen LogP contribution is -2.39. The van der Waals surface area contributed by atoms with Gasteiger partial charge in [-0.1, -0.05) is 0 Å². The van der Waals surface area contributed by atoms with Crippen LogP contribution in [0, 0.1) is 0 Å². The minimum Gasteiger partial charge on any atom is -0.368 e. The van der Waals surface area contributed by atoms with Gasteiger partial charge in [0.1, 0.15) is 0 Å². The quantitative estimate of drug-likeness (QED) is 0.738. The molecule has 0 spiro atoms. The SMILES string of the molecule is CC(C)(N=NC(C)(C)C(N)=O)C(N)=O.Cl.Cl. The van der Waals surface area contributed by atoms with Crippen LogP contribution in [0.25, 0.3) is 0 Å². The van der Waals surface area contributed by atoms with Gasteiger partial charge < -0.3 is 11.5 Å². The Morgan fingerprint density at radius 3 is 1.12 bits per heavy atom. The standard InChI is InChI=1S/C8H16N4O2.2ClH/c1-7(2,5(9)13)11-12-8(3,4)6(10)14;;/h1-4H3,(H2,9,13)(H2,10,14);2*1H. The molecule has 0 aliphatic heterocycles. The minimum atomic E-state index is -1.12. The summed E-state index contributed by atoms with van der Waals surface area (Å²) in [7, 11) is 0. The van der Waals surface area contributed by atoms with Gasteiger partial charge in [-0.2, -0.15) is 10.2 Å². The smallest absolute Gasteiger partial charge is 0.246 e. The third-order valence-corrected chi connectivity index (χ3v) is 1.76. The highest BCUT2D eigenvalue weighted by Crippen LogP contribution is 2.14. The number of azo groups is 1. The maximum Gasteiger partial charge on any atom is 0.246 e. The van der Waals surface area contributed by atoms with Crippen molar-refractivity contribution in [1.29, 1.82) is 0 Å². The Kier molecular flexibility index (Phi) is 8.53. The van der Waals surface area contributed by atoms with Gasteiger partial charge in [0.2, 0.25) is 11.8 Å². The number of hydrogen-bond acceptors (Lipinski definition) is 4. The van der Waals surface area contributed by atoms with Gasteiger partial charge in [0, 0.05) is 0 Å². The summed E-state index contributed by atoms with van der Waals surface area (Å²) in [6, 6.07) is 0. The van der Waals surface area contributed by atoms with Gasteiger partial charge in [0.15, 0.2) is 11.1 Å². The van der Waals surface area contributed by atoms with Gasteiger partial charge in [-0.15, -0.1) is 24.8 Å². The lowest BCUT2D eigenvalue weighted by molar-refractivity contribution is -0.124. The van der Waals surface area contributed by atoms with E-state index >= 15 is 0 Å². The number of amides is 2. The summed E-state index contributed by atoms with van der Waals surface area (Å²) in [6.07, 6.45) is 0. The molecule has 0 fully saturated rings. The molecule has 0 radical (unpaired) electrons. The molecule has 0 rings (SSSR count). The van der Waals surface area contributed by atoms with Crippen LogP contribution in [0.15, 0.2) is 10.2 Å². The van der Waals surface area contributed by atoms with Crippen LogP contribution in [0.3, 0.4) is 0 Å². The fraction of sp³-hybridized carbons (Fsp3) is 0.750. The second-order valence-electron chi connectivity index (χ2n) is 4.05. The highest BCUT2D eigenvalue weighted by Gasteiger charge is 2.29. The molecule has 16 heavy (non-hydrogen) atoms. The summed E-state index contributed by atoms with van der Waals surface area (Å²) < 4.78 is 0. The number of primary amides is 2. The van der Waals surface area contributed by atoms with Crippen LogP contribution in [0.1, 0.15) is 27.7 Å². The molecule has 0 unspecified atom stereocenters. The van der Waals surface area contributed by atoms with Crippen LogP contribution in [-0.2, 0) is 9.59 Å². The predicted molar refractivity (Wildman–Crippen MR) is 65.9 cm³/mol. The molecule has 0 atom stereocenters. The maximum absolute atomic E-state index is 10.9. The van der Waals surface area contributed by atoms with Crippen molar-refractivity contribution in [2.24, 2.45) is 21.7 Å². The van der Waals surface area contributed by atoms with Crippen molar-refractivity contribution in [1.82, 2.24) is 0 Å². The third-order valence-electron chi connectivity index (χ3n) is 1.76.